The van der Waals surface area contributed by atoms with Crippen LogP contribution >= 0.6 is 0 Å². The molecule has 3 rings (SSSR count). The molecule has 7 nitrogen and oxygen atoms in total. The Morgan fingerprint density at radius 2 is 2.23 bits per heavy atom. The van der Waals surface area contributed by atoms with Crippen LogP contribution in [0.1, 0.15) is 42.6 Å². The van der Waals surface area contributed by atoms with Crippen LogP contribution in [0, 0.1) is 0 Å². The van der Waals surface area contributed by atoms with E-state index in [1.54, 1.807) is 24.1 Å². The number of amides is 1. The fourth-order valence-electron chi connectivity index (χ4n) is 3.05. The molecule has 140 valence electrons. The molecule has 0 radical (unpaired) electrons. The summed E-state index contributed by atoms with van der Waals surface area (Å²) < 4.78 is 16.1. The summed E-state index contributed by atoms with van der Waals surface area (Å²) in [6, 6.07) is 7.21. The van der Waals surface area contributed by atoms with Gasteiger partial charge in [0.1, 0.15) is 17.8 Å². The Balaban J connectivity index is 1.61. The lowest BCUT2D eigenvalue weighted by atomic mass is 9.90. The lowest BCUT2D eigenvalue weighted by molar-refractivity contribution is -0.0271. The summed E-state index contributed by atoms with van der Waals surface area (Å²) in [5.74, 6) is 1.41. The molecule has 1 fully saturated rings. The number of ether oxygens (including phenoxy) is 2. The van der Waals surface area contributed by atoms with Crippen molar-refractivity contribution < 1.29 is 23.8 Å². The maximum atomic E-state index is 12.6. The van der Waals surface area contributed by atoms with Crippen LogP contribution in [-0.2, 0) is 6.61 Å². The highest BCUT2D eigenvalue weighted by Crippen LogP contribution is 2.25. The van der Waals surface area contributed by atoms with E-state index in [4.69, 9.17) is 13.9 Å². The Morgan fingerprint density at radius 3 is 3.00 bits per heavy atom. The Bertz CT molecular complexity index is 760. The first-order valence-electron chi connectivity index (χ1n) is 8.76. The minimum Gasteiger partial charge on any atom is -0.497 e. The third-order valence-corrected chi connectivity index (χ3v) is 4.68. The van der Waals surface area contributed by atoms with Gasteiger partial charge in [0, 0.05) is 19.2 Å². The predicted molar refractivity (Wildman–Crippen MR) is 94.2 cm³/mol. The maximum absolute atomic E-state index is 12.6. The molecule has 1 atom stereocenters. The molecule has 0 spiro atoms. The second kappa shape index (κ2) is 7.78. The number of likely N-dealkylation sites (tertiary alicyclic amines) is 1. The largest absolute Gasteiger partial charge is 0.497 e. The molecule has 1 saturated heterocycles. The molecule has 1 aromatic heterocycles. The van der Waals surface area contributed by atoms with Gasteiger partial charge in [-0.3, -0.25) is 4.79 Å². The molecule has 26 heavy (non-hydrogen) atoms. The van der Waals surface area contributed by atoms with Gasteiger partial charge in [-0.15, -0.1) is 0 Å². The number of hydrogen-bond donors (Lipinski definition) is 1. The van der Waals surface area contributed by atoms with E-state index in [1.807, 2.05) is 19.1 Å². The summed E-state index contributed by atoms with van der Waals surface area (Å²) in [6.07, 6.45) is 3.45. The van der Waals surface area contributed by atoms with Gasteiger partial charge in [0.05, 0.1) is 12.7 Å². The Morgan fingerprint density at radius 1 is 1.42 bits per heavy atom. The van der Waals surface area contributed by atoms with Crippen LogP contribution in [0.5, 0.6) is 11.5 Å². The van der Waals surface area contributed by atoms with Gasteiger partial charge in [0.25, 0.3) is 5.91 Å². The Kier molecular flexibility index (Phi) is 5.46. The van der Waals surface area contributed by atoms with Crippen LogP contribution in [0.4, 0.5) is 0 Å². The van der Waals surface area contributed by atoms with Crippen LogP contribution in [-0.4, -0.2) is 46.7 Å². The summed E-state index contributed by atoms with van der Waals surface area (Å²) in [6.45, 7) is 2.98. The number of hydrogen-bond acceptors (Lipinski definition) is 6. The normalized spacial score (nSPS) is 20.0. The number of rotatable bonds is 6. The summed E-state index contributed by atoms with van der Waals surface area (Å²) in [5.41, 5.74) is -0.578. The van der Waals surface area contributed by atoms with Crippen molar-refractivity contribution in [2.45, 2.75) is 38.4 Å². The van der Waals surface area contributed by atoms with Crippen molar-refractivity contribution in [3.05, 3.63) is 42.1 Å². The van der Waals surface area contributed by atoms with Crippen molar-refractivity contribution in [2.75, 3.05) is 20.2 Å². The first-order chi connectivity index (χ1) is 12.5. The van der Waals surface area contributed by atoms with E-state index in [0.29, 0.717) is 43.3 Å². The number of aliphatic hydroxyl groups is 1. The van der Waals surface area contributed by atoms with Gasteiger partial charge >= 0.3 is 0 Å². The van der Waals surface area contributed by atoms with Crippen molar-refractivity contribution in [1.82, 2.24) is 9.88 Å². The molecule has 1 aromatic carbocycles. The molecule has 1 aliphatic heterocycles. The van der Waals surface area contributed by atoms with E-state index in [9.17, 15) is 9.90 Å². The lowest BCUT2D eigenvalue weighted by Gasteiger charge is -2.38. The highest BCUT2D eigenvalue weighted by Gasteiger charge is 2.34. The zero-order chi connectivity index (χ0) is 18.6. The van der Waals surface area contributed by atoms with Crippen LogP contribution in [0.3, 0.4) is 0 Å². The average Bonchev–Trinajstić information content (AvgIpc) is 3.15. The molecular formula is C19H24N2O5. The van der Waals surface area contributed by atoms with Gasteiger partial charge in [-0.1, -0.05) is 13.0 Å². The molecule has 1 N–H and O–H groups in total. The first-order valence-corrected chi connectivity index (χ1v) is 8.76. The van der Waals surface area contributed by atoms with Crippen LogP contribution in [0.15, 0.2) is 34.9 Å². The van der Waals surface area contributed by atoms with Gasteiger partial charge in [-0.05, 0) is 31.4 Å². The number of carbonyl (C=O) groups is 1. The van der Waals surface area contributed by atoms with Gasteiger partial charge in [-0.25, -0.2) is 4.98 Å². The van der Waals surface area contributed by atoms with Crippen molar-refractivity contribution in [3.63, 3.8) is 0 Å². The Hall–Kier alpha value is -2.54. The second-order valence-electron chi connectivity index (χ2n) is 6.50. The third-order valence-electron chi connectivity index (χ3n) is 4.68. The van der Waals surface area contributed by atoms with Crippen LogP contribution in [0.2, 0.25) is 0 Å². The van der Waals surface area contributed by atoms with E-state index in [-0.39, 0.29) is 18.2 Å². The SMILES string of the molecule is CC[C@@]1(O)CCCN(C(=O)c2coc(COc3cccc(OC)c3)n2)C1. The third kappa shape index (κ3) is 4.16. The van der Waals surface area contributed by atoms with Crippen molar-refractivity contribution in [3.8, 4) is 11.5 Å². The van der Waals surface area contributed by atoms with Gasteiger partial charge in [0.15, 0.2) is 12.3 Å². The molecule has 1 amide bonds. The molecule has 0 unspecified atom stereocenters. The van der Waals surface area contributed by atoms with E-state index < -0.39 is 5.60 Å². The lowest BCUT2D eigenvalue weighted by Crippen LogP contribution is -2.50. The first kappa shape index (κ1) is 18.3. The number of aromatic nitrogens is 1. The molecule has 0 bridgehead atoms. The molecule has 2 aromatic rings. The van der Waals surface area contributed by atoms with Crippen molar-refractivity contribution >= 4 is 5.91 Å². The predicted octanol–water partition coefficient (Wildman–Crippen LogP) is 2.64. The van der Waals surface area contributed by atoms with Crippen molar-refractivity contribution in [2.24, 2.45) is 0 Å². The number of nitrogens with zero attached hydrogens (tertiary/aromatic N) is 2. The molecule has 1 aliphatic rings. The topological polar surface area (TPSA) is 85.0 Å². The number of β-amino-alcohol motifs (C(OH)–C–C–N with tert-alkyl or cyclic N) is 1. The highest BCUT2D eigenvalue weighted by molar-refractivity contribution is 5.92. The van der Waals surface area contributed by atoms with Gasteiger partial charge in [-0.2, -0.15) is 0 Å². The second-order valence-corrected chi connectivity index (χ2v) is 6.50. The van der Waals surface area contributed by atoms with E-state index in [1.165, 1.54) is 6.26 Å². The van der Waals surface area contributed by atoms with E-state index >= 15 is 0 Å². The fraction of sp³-hybridized carbons (Fsp3) is 0.474. The minimum atomic E-state index is -0.810. The number of methoxy groups -OCH3 is 1. The van der Waals surface area contributed by atoms with E-state index in [0.717, 1.165) is 6.42 Å². The minimum absolute atomic E-state index is 0.110. The van der Waals surface area contributed by atoms with Crippen molar-refractivity contribution in [1.29, 1.82) is 0 Å². The zero-order valence-electron chi connectivity index (χ0n) is 15.1. The quantitative estimate of drug-likeness (QED) is 0.852. The molecule has 2 heterocycles. The number of piperidine rings is 1. The molecule has 0 aliphatic carbocycles. The summed E-state index contributed by atoms with van der Waals surface area (Å²) in [7, 11) is 1.59. The number of benzene rings is 1. The molecule has 7 heteroatoms. The molecule has 0 saturated carbocycles. The van der Waals surface area contributed by atoms with Gasteiger partial charge in [0.2, 0.25) is 5.89 Å². The number of oxazole rings is 1. The molecular weight excluding hydrogens is 336 g/mol. The highest BCUT2D eigenvalue weighted by atomic mass is 16.5. The fourth-order valence-corrected chi connectivity index (χ4v) is 3.05. The monoisotopic (exact) mass is 360 g/mol. The Labute approximate surface area is 152 Å². The van der Waals surface area contributed by atoms with Crippen LogP contribution < -0.4 is 9.47 Å². The smallest absolute Gasteiger partial charge is 0.275 e. The van der Waals surface area contributed by atoms with Gasteiger partial charge < -0.3 is 23.9 Å². The maximum Gasteiger partial charge on any atom is 0.275 e. The number of carbonyl (C=O) groups excluding carboxylic acids is 1. The van der Waals surface area contributed by atoms with E-state index in [2.05, 4.69) is 4.98 Å². The standard InChI is InChI=1S/C19H24N2O5/c1-3-19(23)8-5-9-21(13-19)18(22)16-11-26-17(20-16)12-25-15-7-4-6-14(10-15)24-2/h4,6-7,10-11,23H,3,5,8-9,12-13H2,1-2H3/t19-/m1/s1. The van der Waals surface area contributed by atoms with Crippen LogP contribution in [0.25, 0.3) is 0 Å². The summed E-state index contributed by atoms with van der Waals surface area (Å²) in [5, 5.41) is 10.4. The average molecular weight is 360 g/mol. The zero-order valence-corrected chi connectivity index (χ0v) is 15.1. The summed E-state index contributed by atoms with van der Waals surface area (Å²) >= 11 is 0. The summed E-state index contributed by atoms with van der Waals surface area (Å²) in [4.78, 5) is 18.5.